The number of phenols is 1. The topological polar surface area (TPSA) is 87.1 Å². The van der Waals surface area contributed by atoms with Crippen LogP contribution in [0.4, 0.5) is 0 Å². The van der Waals surface area contributed by atoms with E-state index in [-0.39, 0.29) is 29.4 Å². The fourth-order valence-corrected chi connectivity index (χ4v) is 6.03. The van der Waals surface area contributed by atoms with Crippen LogP contribution in [-0.4, -0.2) is 39.3 Å². The van der Waals surface area contributed by atoms with Crippen LogP contribution in [0.15, 0.2) is 22.7 Å². The first-order valence-corrected chi connectivity index (χ1v) is 11.3. The highest BCUT2D eigenvalue weighted by Gasteiger charge is 2.66. The van der Waals surface area contributed by atoms with Crippen molar-refractivity contribution in [2.75, 3.05) is 6.54 Å². The molecule has 0 unspecified atom stereocenters. The van der Waals surface area contributed by atoms with Crippen LogP contribution in [0.2, 0.25) is 0 Å². The molecule has 0 bridgehead atoms. The van der Waals surface area contributed by atoms with Gasteiger partial charge in [-0.2, -0.15) is 0 Å². The molecule has 6 atom stereocenters. The second-order valence-corrected chi connectivity index (χ2v) is 9.50. The molecule has 0 spiro atoms. The van der Waals surface area contributed by atoms with Gasteiger partial charge in [-0.3, -0.25) is 14.5 Å². The fourth-order valence-electron chi connectivity index (χ4n) is 5.65. The highest BCUT2D eigenvalue weighted by atomic mass is 79.9. The third-order valence-corrected chi connectivity index (χ3v) is 7.37. The Labute approximate surface area is 179 Å². The molecule has 4 rings (SSSR count). The number of phenolic OH excluding ortho intramolecular Hbond substituents is 1. The number of likely N-dealkylation sites (tertiary alicyclic amines) is 1. The van der Waals surface area contributed by atoms with Crippen LogP contribution in [0.5, 0.6) is 5.75 Å². The molecule has 29 heavy (non-hydrogen) atoms. The number of fused-ring (bicyclic) bond motifs is 3. The Kier molecular flexibility index (Phi) is 5.51. The van der Waals surface area contributed by atoms with E-state index in [1.807, 2.05) is 13.8 Å². The van der Waals surface area contributed by atoms with E-state index in [9.17, 15) is 19.8 Å². The first-order valence-electron chi connectivity index (χ1n) is 10.6. The summed E-state index contributed by atoms with van der Waals surface area (Å²) in [4.78, 5) is 27.5. The highest BCUT2D eigenvalue weighted by molar-refractivity contribution is 9.10. The summed E-state index contributed by atoms with van der Waals surface area (Å²) in [5, 5.41) is 22.0. The molecule has 2 amide bonds. The Morgan fingerprint density at radius 3 is 2.66 bits per heavy atom. The number of halogens is 1. The molecule has 0 aromatic heterocycles. The molecule has 2 aliphatic heterocycles. The number of hydrogen-bond donors (Lipinski definition) is 2. The van der Waals surface area contributed by atoms with Crippen molar-refractivity contribution in [2.45, 2.75) is 57.8 Å². The summed E-state index contributed by atoms with van der Waals surface area (Å²) in [6.07, 6.45) is 2.64. The molecule has 158 valence electrons. The maximum absolute atomic E-state index is 13.1. The van der Waals surface area contributed by atoms with Gasteiger partial charge in [-0.25, -0.2) is 0 Å². The monoisotopic (exact) mass is 465 g/mol. The van der Waals surface area contributed by atoms with E-state index >= 15 is 0 Å². The second kappa shape index (κ2) is 7.67. The van der Waals surface area contributed by atoms with Gasteiger partial charge < -0.3 is 14.9 Å². The average molecular weight is 466 g/mol. The summed E-state index contributed by atoms with van der Waals surface area (Å²) in [6.45, 7) is 4.41. The third-order valence-electron chi connectivity index (χ3n) is 6.88. The Balaban J connectivity index is 1.72. The van der Waals surface area contributed by atoms with Crippen molar-refractivity contribution in [1.82, 2.24) is 4.90 Å². The number of imide groups is 1. The number of aromatic hydroxyl groups is 1. The van der Waals surface area contributed by atoms with Gasteiger partial charge in [0.2, 0.25) is 11.8 Å². The minimum Gasteiger partial charge on any atom is -0.508 e. The standard InChI is InChI=1S/C22H28BrNO5/c1-3-5-12-9-15-19(21(27)24(8-4-2)20(15)26)16-11-18(29-22(12,16)28)14-10-13(23)6-7-17(14)25/h6-7,10,12,15-16,18-19,25,28H,3-5,8-9,11H2,1-2H3/t12-,15-,16-,18-,19-,22+/m0/s1. The Morgan fingerprint density at radius 1 is 1.21 bits per heavy atom. The minimum atomic E-state index is -1.46. The summed E-state index contributed by atoms with van der Waals surface area (Å²) in [6, 6.07) is 5.12. The fraction of sp³-hybridized carbons (Fsp3) is 0.636. The summed E-state index contributed by atoms with van der Waals surface area (Å²) in [5.41, 5.74) is 0.594. The van der Waals surface area contributed by atoms with Gasteiger partial charge in [0.25, 0.3) is 0 Å². The number of hydrogen-bond acceptors (Lipinski definition) is 5. The van der Waals surface area contributed by atoms with Crippen LogP contribution in [0.3, 0.4) is 0 Å². The Bertz CT molecular complexity index is 829. The highest BCUT2D eigenvalue weighted by Crippen LogP contribution is 2.59. The van der Waals surface area contributed by atoms with Gasteiger partial charge in [-0.15, -0.1) is 0 Å². The number of rotatable bonds is 5. The van der Waals surface area contributed by atoms with Crippen LogP contribution in [-0.2, 0) is 14.3 Å². The summed E-state index contributed by atoms with van der Waals surface area (Å²) < 4.78 is 7.03. The zero-order valence-electron chi connectivity index (χ0n) is 16.8. The van der Waals surface area contributed by atoms with E-state index in [1.54, 1.807) is 18.2 Å². The van der Waals surface area contributed by atoms with Crippen molar-refractivity contribution in [3.63, 3.8) is 0 Å². The molecular formula is C22H28BrNO5. The Morgan fingerprint density at radius 2 is 1.97 bits per heavy atom. The smallest absolute Gasteiger partial charge is 0.233 e. The molecule has 1 aliphatic carbocycles. The molecule has 1 aromatic carbocycles. The van der Waals surface area contributed by atoms with Crippen LogP contribution in [0.25, 0.3) is 0 Å². The van der Waals surface area contributed by atoms with Gasteiger partial charge in [0.05, 0.1) is 17.9 Å². The first-order chi connectivity index (χ1) is 13.8. The average Bonchev–Trinajstić information content (AvgIpc) is 3.15. The molecule has 6 nitrogen and oxygen atoms in total. The molecule has 0 radical (unpaired) electrons. The van der Waals surface area contributed by atoms with E-state index in [4.69, 9.17) is 4.74 Å². The Hall–Kier alpha value is -1.44. The predicted octanol–water partition coefficient (Wildman–Crippen LogP) is 3.75. The third kappa shape index (κ3) is 3.22. The largest absolute Gasteiger partial charge is 0.508 e. The molecule has 2 heterocycles. The van der Waals surface area contributed by atoms with Crippen molar-refractivity contribution >= 4 is 27.7 Å². The molecule has 2 saturated heterocycles. The van der Waals surface area contributed by atoms with Crippen molar-refractivity contribution in [3.05, 3.63) is 28.2 Å². The number of nitrogens with zero attached hydrogens (tertiary/aromatic N) is 1. The molecule has 1 aromatic rings. The zero-order valence-corrected chi connectivity index (χ0v) is 18.4. The van der Waals surface area contributed by atoms with E-state index in [2.05, 4.69) is 15.9 Å². The summed E-state index contributed by atoms with van der Waals surface area (Å²) in [5.74, 6) is -3.24. The molecule has 1 saturated carbocycles. The molecule has 3 aliphatic rings. The first kappa shape index (κ1) is 20.8. The van der Waals surface area contributed by atoms with Gasteiger partial charge in [-0.1, -0.05) is 36.2 Å². The minimum absolute atomic E-state index is 0.0984. The SMILES string of the molecule is CCC[C@H]1C[C@@H]2C(=O)N(CCC)C(=O)[C@@H]2[C@@H]2C[C@@H](c3cc(Br)ccc3O)O[C@]12O. The number of aliphatic hydroxyl groups is 1. The van der Waals surface area contributed by atoms with Gasteiger partial charge in [0.15, 0.2) is 5.79 Å². The normalized spacial score (nSPS) is 36.4. The number of carbonyl (C=O) groups excluding carboxylic acids is 2. The van der Waals surface area contributed by atoms with Crippen LogP contribution < -0.4 is 0 Å². The van der Waals surface area contributed by atoms with E-state index in [0.717, 1.165) is 23.7 Å². The summed E-state index contributed by atoms with van der Waals surface area (Å²) >= 11 is 3.42. The lowest BCUT2D eigenvalue weighted by molar-refractivity contribution is -0.270. The van der Waals surface area contributed by atoms with E-state index < -0.39 is 23.7 Å². The molecular weight excluding hydrogens is 438 g/mol. The van der Waals surface area contributed by atoms with Crippen molar-refractivity contribution in [3.8, 4) is 5.75 Å². The van der Waals surface area contributed by atoms with Crippen LogP contribution in [0.1, 0.15) is 57.6 Å². The number of carbonyl (C=O) groups is 2. The number of benzene rings is 1. The second-order valence-electron chi connectivity index (χ2n) is 8.59. The maximum atomic E-state index is 13.1. The van der Waals surface area contributed by atoms with Gasteiger partial charge in [0, 0.05) is 28.4 Å². The predicted molar refractivity (Wildman–Crippen MR) is 110 cm³/mol. The van der Waals surface area contributed by atoms with Crippen molar-refractivity contribution < 1.29 is 24.5 Å². The molecule has 7 heteroatoms. The number of amides is 2. The van der Waals surface area contributed by atoms with Crippen LogP contribution in [0, 0.1) is 23.7 Å². The van der Waals surface area contributed by atoms with Crippen molar-refractivity contribution in [2.24, 2.45) is 23.7 Å². The molecule has 3 fully saturated rings. The lowest BCUT2D eigenvalue weighted by Gasteiger charge is -2.44. The van der Waals surface area contributed by atoms with Gasteiger partial charge in [-0.05, 0) is 43.9 Å². The lowest BCUT2D eigenvalue weighted by atomic mass is 9.63. The van der Waals surface area contributed by atoms with E-state index in [0.29, 0.717) is 24.9 Å². The van der Waals surface area contributed by atoms with Gasteiger partial charge in [0.1, 0.15) is 5.75 Å². The molecule has 2 N–H and O–H groups in total. The maximum Gasteiger partial charge on any atom is 0.233 e. The van der Waals surface area contributed by atoms with Crippen LogP contribution >= 0.6 is 15.9 Å². The number of ether oxygens (including phenoxy) is 1. The van der Waals surface area contributed by atoms with Crippen molar-refractivity contribution in [1.29, 1.82) is 0 Å². The van der Waals surface area contributed by atoms with Gasteiger partial charge >= 0.3 is 0 Å². The summed E-state index contributed by atoms with van der Waals surface area (Å²) in [7, 11) is 0. The zero-order chi connectivity index (χ0) is 20.9. The quantitative estimate of drug-likeness (QED) is 0.646. The lowest BCUT2D eigenvalue weighted by Crippen LogP contribution is -2.53. The van der Waals surface area contributed by atoms with E-state index in [1.165, 1.54) is 4.90 Å².